The molecule has 1 aromatic heterocycles. The number of rotatable bonds is 11. The van der Waals surface area contributed by atoms with Crippen LogP contribution in [0, 0.1) is 13.8 Å². The third-order valence-corrected chi connectivity index (χ3v) is 4.70. The summed E-state index contributed by atoms with van der Waals surface area (Å²) < 4.78 is 5.51. The summed E-state index contributed by atoms with van der Waals surface area (Å²) in [5, 5.41) is 14.4. The highest BCUT2D eigenvalue weighted by atomic mass is 32.1. The van der Waals surface area contributed by atoms with Gasteiger partial charge >= 0.3 is 0 Å². The van der Waals surface area contributed by atoms with Gasteiger partial charge in [-0.1, -0.05) is 26.2 Å². The Kier molecular flexibility index (Phi) is 9.08. The van der Waals surface area contributed by atoms with Gasteiger partial charge in [0.15, 0.2) is 0 Å². The van der Waals surface area contributed by atoms with Crippen LogP contribution in [0.4, 0.5) is 0 Å². The molecule has 2 unspecified atom stereocenters. The number of aliphatic hydroxyl groups is 1. The summed E-state index contributed by atoms with van der Waals surface area (Å²) in [6.45, 7) is 10.1. The second kappa shape index (κ2) is 10.3. The number of thiazole rings is 1. The Morgan fingerprint density at radius 3 is 2.67 bits per heavy atom. The number of hydrogen-bond donors (Lipinski definition) is 2. The summed E-state index contributed by atoms with van der Waals surface area (Å²) in [7, 11) is 0. The van der Waals surface area contributed by atoms with E-state index in [0.29, 0.717) is 13.2 Å². The largest absolute Gasteiger partial charge is 0.389 e. The van der Waals surface area contributed by atoms with E-state index in [1.807, 2.05) is 13.8 Å². The van der Waals surface area contributed by atoms with E-state index in [9.17, 15) is 5.11 Å². The van der Waals surface area contributed by atoms with Gasteiger partial charge in [0.05, 0.1) is 23.4 Å². The van der Waals surface area contributed by atoms with Crippen LogP contribution in [0.2, 0.25) is 0 Å². The molecule has 4 nitrogen and oxygen atoms in total. The molecule has 0 saturated carbocycles. The van der Waals surface area contributed by atoms with E-state index in [0.717, 1.165) is 23.7 Å². The Morgan fingerprint density at radius 2 is 2.05 bits per heavy atom. The topological polar surface area (TPSA) is 54.4 Å². The molecule has 2 N–H and O–H groups in total. The van der Waals surface area contributed by atoms with Crippen LogP contribution in [0.15, 0.2) is 0 Å². The SMILES string of the molecule is CCCCCCOCC(O)CNC(C)c1sc(C)nc1C. The van der Waals surface area contributed by atoms with Gasteiger partial charge in [-0.25, -0.2) is 4.98 Å². The summed E-state index contributed by atoms with van der Waals surface area (Å²) in [4.78, 5) is 5.69. The summed E-state index contributed by atoms with van der Waals surface area (Å²) in [5.41, 5.74) is 1.08. The molecular formula is C16H30N2O2S. The molecule has 0 aliphatic rings. The lowest BCUT2D eigenvalue weighted by atomic mass is 10.2. The Hall–Kier alpha value is -0.490. The zero-order chi connectivity index (χ0) is 15.7. The van der Waals surface area contributed by atoms with Crippen molar-refractivity contribution in [1.29, 1.82) is 0 Å². The molecule has 0 aliphatic heterocycles. The number of aryl methyl sites for hydroxylation is 2. The Balaban J connectivity index is 2.15. The number of ether oxygens (including phenoxy) is 1. The van der Waals surface area contributed by atoms with Crippen LogP contribution >= 0.6 is 11.3 Å². The van der Waals surface area contributed by atoms with Crippen LogP contribution in [0.25, 0.3) is 0 Å². The predicted octanol–water partition coefficient (Wildman–Crippen LogP) is 3.37. The number of unbranched alkanes of at least 4 members (excludes halogenated alkanes) is 3. The fourth-order valence-electron chi connectivity index (χ4n) is 2.26. The first-order valence-electron chi connectivity index (χ1n) is 7.97. The first-order chi connectivity index (χ1) is 10.0. The minimum absolute atomic E-state index is 0.218. The van der Waals surface area contributed by atoms with Crippen molar-refractivity contribution in [2.45, 2.75) is 65.5 Å². The summed E-state index contributed by atoms with van der Waals surface area (Å²) in [5.74, 6) is 0. The number of nitrogens with one attached hydrogen (secondary N) is 1. The van der Waals surface area contributed by atoms with Crippen molar-refractivity contribution < 1.29 is 9.84 Å². The molecule has 0 aliphatic carbocycles. The molecule has 2 atom stereocenters. The molecule has 1 rings (SSSR count). The highest BCUT2D eigenvalue weighted by Gasteiger charge is 2.14. The van der Waals surface area contributed by atoms with Crippen LogP contribution in [0.1, 0.15) is 61.2 Å². The van der Waals surface area contributed by atoms with E-state index in [4.69, 9.17) is 4.74 Å². The van der Waals surface area contributed by atoms with Gasteiger partial charge in [-0.15, -0.1) is 11.3 Å². The van der Waals surface area contributed by atoms with Crippen molar-refractivity contribution in [3.05, 3.63) is 15.6 Å². The van der Waals surface area contributed by atoms with Crippen molar-refractivity contribution >= 4 is 11.3 Å². The van der Waals surface area contributed by atoms with Crippen molar-refractivity contribution in [3.63, 3.8) is 0 Å². The molecule has 0 bridgehead atoms. The van der Waals surface area contributed by atoms with Crippen molar-refractivity contribution in [1.82, 2.24) is 10.3 Å². The zero-order valence-electron chi connectivity index (χ0n) is 13.8. The number of nitrogens with zero attached hydrogens (tertiary/aromatic N) is 1. The highest BCUT2D eigenvalue weighted by molar-refractivity contribution is 7.11. The minimum Gasteiger partial charge on any atom is -0.389 e. The molecule has 0 aromatic carbocycles. The van der Waals surface area contributed by atoms with E-state index < -0.39 is 6.10 Å². The summed E-state index contributed by atoms with van der Waals surface area (Å²) in [6.07, 6.45) is 4.35. The maximum atomic E-state index is 9.92. The van der Waals surface area contributed by atoms with Crippen LogP contribution in [0.5, 0.6) is 0 Å². The lowest BCUT2D eigenvalue weighted by Gasteiger charge is -2.16. The summed E-state index contributed by atoms with van der Waals surface area (Å²) >= 11 is 1.72. The van der Waals surface area contributed by atoms with Gasteiger partial charge in [-0.2, -0.15) is 0 Å². The maximum absolute atomic E-state index is 9.92. The predicted molar refractivity (Wildman–Crippen MR) is 89.0 cm³/mol. The highest BCUT2D eigenvalue weighted by Crippen LogP contribution is 2.24. The van der Waals surface area contributed by atoms with Gasteiger partial charge in [0.2, 0.25) is 0 Å². The molecule has 122 valence electrons. The van der Waals surface area contributed by atoms with Crippen molar-refractivity contribution in [2.24, 2.45) is 0 Å². The number of aliphatic hydroxyl groups excluding tert-OH is 1. The molecule has 0 fully saturated rings. The molecule has 5 heteroatoms. The maximum Gasteiger partial charge on any atom is 0.0900 e. The normalized spacial score (nSPS) is 14.3. The van der Waals surface area contributed by atoms with Gasteiger partial charge in [0.25, 0.3) is 0 Å². The average Bonchev–Trinajstić information content (AvgIpc) is 2.79. The van der Waals surface area contributed by atoms with Gasteiger partial charge < -0.3 is 15.2 Å². The quantitative estimate of drug-likeness (QED) is 0.615. The van der Waals surface area contributed by atoms with E-state index in [-0.39, 0.29) is 6.04 Å². The van der Waals surface area contributed by atoms with Gasteiger partial charge in [0, 0.05) is 24.1 Å². The molecule has 21 heavy (non-hydrogen) atoms. The van der Waals surface area contributed by atoms with Crippen molar-refractivity contribution in [3.8, 4) is 0 Å². The van der Waals surface area contributed by atoms with E-state index in [2.05, 4.69) is 24.1 Å². The van der Waals surface area contributed by atoms with Crippen LogP contribution in [0.3, 0.4) is 0 Å². The smallest absolute Gasteiger partial charge is 0.0900 e. The van der Waals surface area contributed by atoms with Crippen LogP contribution < -0.4 is 5.32 Å². The third-order valence-electron chi connectivity index (χ3n) is 3.44. The monoisotopic (exact) mass is 314 g/mol. The lowest BCUT2D eigenvalue weighted by molar-refractivity contribution is 0.0344. The van der Waals surface area contributed by atoms with Crippen molar-refractivity contribution in [2.75, 3.05) is 19.8 Å². The second-order valence-electron chi connectivity index (χ2n) is 5.60. The van der Waals surface area contributed by atoms with E-state index in [1.54, 1.807) is 11.3 Å². The van der Waals surface area contributed by atoms with E-state index in [1.165, 1.54) is 24.1 Å². The molecule has 0 radical (unpaired) electrons. The standard InChI is InChI=1S/C16H30N2O2S/c1-5-6-7-8-9-20-11-15(19)10-17-12(2)16-13(3)18-14(4)21-16/h12,15,17,19H,5-11H2,1-4H3. The molecule has 0 saturated heterocycles. The molecule has 1 aromatic rings. The third kappa shape index (κ3) is 7.36. The lowest BCUT2D eigenvalue weighted by Crippen LogP contribution is -2.32. The molecular weight excluding hydrogens is 284 g/mol. The zero-order valence-corrected chi connectivity index (χ0v) is 14.6. The minimum atomic E-state index is -0.451. The Bertz CT molecular complexity index is 396. The molecule has 0 amide bonds. The van der Waals surface area contributed by atoms with E-state index >= 15 is 0 Å². The molecule has 0 spiro atoms. The van der Waals surface area contributed by atoms with Gasteiger partial charge in [-0.05, 0) is 27.2 Å². The second-order valence-corrected chi connectivity index (χ2v) is 6.84. The number of hydrogen-bond acceptors (Lipinski definition) is 5. The number of aromatic nitrogens is 1. The van der Waals surface area contributed by atoms with Gasteiger partial charge in [-0.3, -0.25) is 0 Å². The van der Waals surface area contributed by atoms with Crippen LogP contribution in [-0.2, 0) is 4.74 Å². The van der Waals surface area contributed by atoms with Crippen LogP contribution in [-0.4, -0.2) is 36.0 Å². The summed E-state index contributed by atoms with van der Waals surface area (Å²) in [6, 6.07) is 0.218. The first-order valence-corrected chi connectivity index (χ1v) is 8.79. The Labute approximate surface area is 132 Å². The average molecular weight is 314 g/mol. The van der Waals surface area contributed by atoms with Gasteiger partial charge in [0.1, 0.15) is 0 Å². The molecule has 1 heterocycles. The first kappa shape index (κ1) is 18.6. The Morgan fingerprint density at radius 1 is 1.29 bits per heavy atom. The fraction of sp³-hybridized carbons (Fsp3) is 0.812. The fourth-order valence-corrected chi connectivity index (χ4v) is 3.22.